The van der Waals surface area contributed by atoms with Crippen molar-refractivity contribution >= 4 is 23.7 Å². The topological polar surface area (TPSA) is 126 Å². The lowest BCUT2D eigenvalue weighted by molar-refractivity contribution is -0.136. The van der Waals surface area contributed by atoms with E-state index in [9.17, 15) is 14.4 Å². The first-order valence-corrected chi connectivity index (χ1v) is 5.63. The summed E-state index contributed by atoms with van der Waals surface area (Å²) < 4.78 is 0. The average molecular weight is 271 g/mol. The molecule has 9 heteroatoms. The Morgan fingerprint density at radius 1 is 1.53 bits per heavy atom. The van der Waals surface area contributed by atoms with E-state index in [0.29, 0.717) is 6.54 Å². The number of likely N-dealkylation sites (N-methyl/N-ethyl adjacent to an activating group) is 1. The summed E-state index contributed by atoms with van der Waals surface area (Å²) in [6, 6.07) is -1.79. The molecule has 19 heavy (non-hydrogen) atoms. The van der Waals surface area contributed by atoms with Gasteiger partial charge in [0, 0.05) is 13.1 Å². The van der Waals surface area contributed by atoms with Crippen molar-refractivity contribution in [3.63, 3.8) is 0 Å². The Kier molecular flexibility index (Phi) is 4.95. The van der Waals surface area contributed by atoms with Gasteiger partial charge in [0.25, 0.3) is 5.91 Å². The van der Waals surface area contributed by atoms with E-state index in [4.69, 9.17) is 10.5 Å². The second kappa shape index (κ2) is 6.25. The van der Waals surface area contributed by atoms with E-state index in [2.05, 4.69) is 10.6 Å². The molecule has 4 N–H and O–H groups in total. The third-order valence-corrected chi connectivity index (χ3v) is 2.52. The zero-order chi connectivity index (χ0) is 14.6. The molecule has 1 fully saturated rings. The van der Waals surface area contributed by atoms with Gasteiger partial charge in [0.05, 0.1) is 6.54 Å². The molecular weight excluding hydrogens is 254 g/mol. The summed E-state index contributed by atoms with van der Waals surface area (Å²) in [5.41, 5.74) is 0. The molecule has 1 heterocycles. The summed E-state index contributed by atoms with van der Waals surface area (Å²) in [4.78, 5) is 36.9. The number of carbonyl (C=O) groups excluding carboxylic acids is 2. The lowest BCUT2D eigenvalue weighted by Crippen LogP contribution is -2.65. The van der Waals surface area contributed by atoms with E-state index in [1.807, 2.05) is 0 Å². The van der Waals surface area contributed by atoms with Gasteiger partial charge in [0.15, 0.2) is 0 Å². The molecule has 9 nitrogen and oxygen atoms in total. The van der Waals surface area contributed by atoms with Crippen molar-refractivity contribution in [2.24, 2.45) is 0 Å². The van der Waals surface area contributed by atoms with E-state index >= 15 is 0 Å². The number of nitrogens with zero attached hydrogens (tertiary/aromatic N) is 2. The highest BCUT2D eigenvalue weighted by atomic mass is 16.4. The van der Waals surface area contributed by atoms with Crippen molar-refractivity contribution in [3.8, 4) is 0 Å². The van der Waals surface area contributed by atoms with Crippen LogP contribution in [0.1, 0.15) is 0 Å². The number of imide groups is 1. The fourth-order valence-electron chi connectivity index (χ4n) is 1.52. The zero-order valence-electron chi connectivity index (χ0n) is 10.8. The minimum absolute atomic E-state index is 0.177. The number of nitrogens with one attached hydrogen (secondary N) is 3. The predicted molar refractivity (Wildman–Crippen MR) is 66.0 cm³/mol. The standard InChI is InChI=1S/C10H17N5O4/c1-14(2)3-4-15-9(18)7(12-5-6(16)17)8(11)13-10(15)19/h7,12H,3-5H2,1-2H3,(H,16,17)(H2,11,13,19). The highest BCUT2D eigenvalue weighted by Gasteiger charge is 2.37. The molecule has 0 aromatic rings. The fraction of sp³-hybridized carbons (Fsp3) is 0.600. The Balaban J connectivity index is 2.72. The third-order valence-electron chi connectivity index (χ3n) is 2.52. The number of rotatable bonds is 6. The van der Waals surface area contributed by atoms with Crippen LogP contribution >= 0.6 is 0 Å². The van der Waals surface area contributed by atoms with Crippen molar-refractivity contribution in [2.75, 3.05) is 33.7 Å². The van der Waals surface area contributed by atoms with Gasteiger partial charge in [-0.2, -0.15) is 0 Å². The van der Waals surface area contributed by atoms with Gasteiger partial charge in [-0.05, 0) is 14.1 Å². The van der Waals surface area contributed by atoms with E-state index < -0.39 is 30.5 Å². The number of carboxylic acids is 1. The van der Waals surface area contributed by atoms with Gasteiger partial charge in [-0.15, -0.1) is 0 Å². The maximum Gasteiger partial charge on any atom is 0.329 e. The number of urea groups is 1. The predicted octanol–water partition coefficient (Wildman–Crippen LogP) is -1.88. The molecule has 1 saturated heterocycles. The molecule has 0 bridgehead atoms. The third kappa shape index (κ3) is 4.00. The number of amides is 3. The Morgan fingerprint density at radius 3 is 2.68 bits per heavy atom. The van der Waals surface area contributed by atoms with Gasteiger partial charge in [0.1, 0.15) is 11.9 Å². The number of aliphatic carboxylic acids is 1. The summed E-state index contributed by atoms with van der Waals surface area (Å²) >= 11 is 0. The molecule has 0 spiro atoms. The summed E-state index contributed by atoms with van der Waals surface area (Å²) in [7, 11) is 3.60. The van der Waals surface area contributed by atoms with Crippen LogP contribution in [0.25, 0.3) is 0 Å². The van der Waals surface area contributed by atoms with Gasteiger partial charge >= 0.3 is 12.0 Å². The quantitative estimate of drug-likeness (QED) is 0.448. The normalized spacial score (nSPS) is 19.8. The summed E-state index contributed by atoms with van der Waals surface area (Å²) in [5, 5.41) is 20.7. The highest BCUT2D eigenvalue weighted by molar-refractivity contribution is 6.19. The van der Waals surface area contributed by atoms with Gasteiger partial charge in [-0.1, -0.05) is 0 Å². The van der Waals surface area contributed by atoms with Gasteiger partial charge in [-0.3, -0.25) is 30.5 Å². The first kappa shape index (κ1) is 15.1. The first-order chi connectivity index (χ1) is 8.82. The molecule has 1 atom stereocenters. The average Bonchev–Trinajstić information content (AvgIpc) is 2.27. The van der Waals surface area contributed by atoms with Gasteiger partial charge in [-0.25, -0.2) is 4.79 Å². The minimum Gasteiger partial charge on any atom is -0.480 e. The molecule has 0 aromatic heterocycles. The van der Waals surface area contributed by atoms with Crippen LogP contribution in [0.15, 0.2) is 0 Å². The lowest BCUT2D eigenvalue weighted by Gasteiger charge is -2.32. The van der Waals surface area contributed by atoms with Crippen molar-refractivity contribution < 1.29 is 19.5 Å². The molecule has 0 aromatic carbocycles. The van der Waals surface area contributed by atoms with Crippen LogP contribution in [0.2, 0.25) is 0 Å². The Bertz CT molecular complexity index is 409. The smallest absolute Gasteiger partial charge is 0.329 e. The number of hydrogen-bond donors (Lipinski definition) is 4. The van der Waals surface area contributed by atoms with Crippen LogP contribution in [0, 0.1) is 5.41 Å². The number of carbonyl (C=O) groups is 3. The molecule has 1 aliphatic rings. The monoisotopic (exact) mass is 271 g/mol. The van der Waals surface area contributed by atoms with Crippen LogP contribution < -0.4 is 10.6 Å². The lowest BCUT2D eigenvalue weighted by atomic mass is 10.2. The molecular formula is C10H17N5O4. The van der Waals surface area contributed by atoms with E-state index in [0.717, 1.165) is 4.90 Å². The fourth-order valence-corrected chi connectivity index (χ4v) is 1.52. The second-order valence-corrected chi connectivity index (χ2v) is 4.34. The van der Waals surface area contributed by atoms with Crippen LogP contribution in [-0.2, 0) is 9.59 Å². The Labute approximate surface area is 110 Å². The Morgan fingerprint density at radius 2 is 2.16 bits per heavy atom. The van der Waals surface area contributed by atoms with Crippen LogP contribution in [0.4, 0.5) is 4.79 Å². The van der Waals surface area contributed by atoms with Crippen molar-refractivity contribution in [2.45, 2.75) is 6.04 Å². The first-order valence-electron chi connectivity index (χ1n) is 5.63. The van der Waals surface area contributed by atoms with Gasteiger partial charge in [0.2, 0.25) is 0 Å². The summed E-state index contributed by atoms with van der Waals surface area (Å²) in [5.74, 6) is -2.09. The molecule has 0 aliphatic carbocycles. The molecule has 1 unspecified atom stereocenters. The largest absolute Gasteiger partial charge is 0.480 e. The molecule has 106 valence electrons. The van der Waals surface area contributed by atoms with Crippen LogP contribution in [0.5, 0.6) is 0 Å². The van der Waals surface area contributed by atoms with Crippen molar-refractivity contribution in [3.05, 3.63) is 0 Å². The molecule has 0 radical (unpaired) electrons. The van der Waals surface area contributed by atoms with Gasteiger partial charge < -0.3 is 10.0 Å². The molecule has 1 aliphatic heterocycles. The maximum absolute atomic E-state index is 12.0. The number of amidine groups is 1. The van der Waals surface area contributed by atoms with Crippen LogP contribution in [-0.4, -0.2) is 78.4 Å². The molecule has 0 saturated carbocycles. The maximum atomic E-state index is 12.0. The van der Waals surface area contributed by atoms with E-state index in [1.165, 1.54) is 0 Å². The van der Waals surface area contributed by atoms with E-state index in [1.54, 1.807) is 19.0 Å². The SMILES string of the molecule is CN(C)CCN1C(=O)NC(=N)C(NCC(=O)O)C1=O. The van der Waals surface area contributed by atoms with Crippen LogP contribution in [0.3, 0.4) is 0 Å². The number of hydrogen-bond acceptors (Lipinski definition) is 6. The number of carboxylic acid groups (broad SMARTS) is 1. The Hall–Kier alpha value is -2.00. The molecule has 3 amide bonds. The molecule has 1 rings (SSSR count). The summed E-state index contributed by atoms with van der Waals surface area (Å²) in [6.45, 7) is 0.199. The highest BCUT2D eigenvalue weighted by Crippen LogP contribution is 2.04. The minimum atomic E-state index is -1.14. The van der Waals surface area contributed by atoms with Crippen molar-refractivity contribution in [1.29, 1.82) is 5.41 Å². The zero-order valence-corrected chi connectivity index (χ0v) is 10.8. The summed E-state index contributed by atoms with van der Waals surface area (Å²) in [6.07, 6.45) is 0. The van der Waals surface area contributed by atoms with E-state index in [-0.39, 0.29) is 12.4 Å². The van der Waals surface area contributed by atoms with Crippen molar-refractivity contribution in [1.82, 2.24) is 20.4 Å². The second-order valence-electron chi connectivity index (χ2n) is 4.34.